The third kappa shape index (κ3) is 2.53. The highest BCUT2D eigenvalue weighted by Gasteiger charge is 2.35. The molecule has 1 heterocycles. The van der Waals surface area contributed by atoms with Crippen molar-refractivity contribution in [3.05, 3.63) is 22.5 Å². The number of nitrogens with zero attached hydrogens (tertiary/aromatic N) is 4. The Morgan fingerprint density at radius 2 is 2.00 bits per heavy atom. The van der Waals surface area contributed by atoms with Gasteiger partial charge < -0.3 is 10.0 Å². The normalized spacial score (nSPS) is 11.1. The Labute approximate surface area is 103 Å². The van der Waals surface area contributed by atoms with Crippen molar-refractivity contribution in [1.29, 1.82) is 0 Å². The van der Waals surface area contributed by atoms with E-state index >= 15 is 0 Å². The number of aromatic nitrogens is 2. The summed E-state index contributed by atoms with van der Waals surface area (Å²) in [6, 6.07) is 0. The summed E-state index contributed by atoms with van der Waals surface area (Å²) in [5, 5.41) is 19.6. The molecule has 0 bridgehead atoms. The first-order valence-electron chi connectivity index (χ1n) is 5.28. The molecule has 0 aliphatic carbocycles. The molecule has 0 saturated carbocycles. The van der Waals surface area contributed by atoms with Crippen LogP contribution in [0.15, 0.2) is 12.4 Å². The van der Waals surface area contributed by atoms with Gasteiger partial charge in [-0.15, -0.1) is 0 Å². The molecule has 0 aliphatic heterocycles. The SMILES string of the molecule is CCN(c1ncc([N+](=O)[O-])cn1)C(C)(C)C(=O)O. The highest BCUT2D eigenvalue weighted by molar-refractivity contribution is 5.81. The highest BCUT2D eigenvalue weighted by Crippen LogP contribution is 2.21. The van der Waals surface area contributed by atoms with Gasteiger partial charge in [-0.3, -0.25) is 10.1 Å². The van der Waals surface area contributed by atoms with Gasteiger partial charge in [0.25, 0.3) is 0 Å². The molecule has 0 spiro atoms. The van der Waals surface area contributed by atoms with Crippen molar-refractivity contribution in [2.45, 2.75) is 26.3 Å². The van der Waals surface area contributed by atoms with Crippen molar-refractivity contribution in [2.75, 3.05) is 11.4 Å². The number of anilines is 1. The molecule has 1 N–H and O–H groups in total. The summed E-state index contributed by atoms with van der Waals surface area (Å²) in [5.74, 6) is -0.873. The number of hydrogen-bond acceptors (Lipinski definition) is 6. The van der Waals surface area contributed by atoms with Gasteiger partial charge >= 0.3 is 11.7 Å². The van der Waals surface area contributed by atoms with Crippen LogP contribution in [0.2, 0.25) is 0 Å². The Morgan fingerprint density at radius 1 is 1.50 bits per heavy atom. The number of likely N-dealkylation sites (N-methyl/N-ethyl adjacent to an activating group) is 1. The number of carboxylic acid groups (broad SMARTS) is 1. The second-order valence-electron chi connectivity index (χ2n) is 4.11. The fourth-order valence-corrected chi connectivity index (χ4v) is 1.45. The van der Waals surface area contributed by atoms with Gasteiger partial charge in [-0.05, 0) is 20.8 Å². The predicted molar refractivity (Wildman–Crippen MR) is 63.4 cm³/mol. The van der Waals surface area contributed by atoms with Crippen LogP contribution in [-0.2, 0) is 4.79 Å². The van der Waals surface area contributed by atoms with Crippen molar-refractivity contribution in [3.8, 4) is 0 Å². The van der Waals surface area contributed by atoms with E-state index < -0.39 is 16.4 Å². The minimum Gasteiger partial charge on any atom is -0.480 e. The second-order valence-corrected chi connectivity index (χ2v) is 4.11. The Balaban J connectivity index is 3.10. The zero-order valence-corrected chi connectivity index (χ0v) is 10.3. The monoisotopic (exact) mass is 254 g/mol. The van der Waals surface area contributed by atoms with E-state index in [2.05, 4.69) is 9.97 Å². The van der Waals surface area contributed by atoms with Gasteiger partial charge in [-0.2, -0.15) is 0 Å². The molecule has 0 radical (unpaired) electrons. The average molecular weight is 254 g/mol. The van der Waals surface area contributed by atoms with Crippen LogP contribution in [0.4, 0.5) is 11.6 Å². The van der Waals surface area contributed by atoms with Crippen LogP contribution >= 0.6 is 0 Å². The molecule has 0 aromatic carbocycles. The Hall–Kier alpha value is -2.25. The molecular weight excluding hydrogens is 240 g/mol. The molecule has 0 amide bonds. The summed E-state index contributed by atoms with van der Waals surface area (Å²) in [4.78, 5) is 30.1. The maximum absolute atomic E-state index is 11.2. The quantitative estimate of drug-likeness (QED) is 0.618. The van der Waals surface area contributed by atoms with Crippen LogP contribution < -0.4 is 4.90 Å². The largest absolute Gasteiger partial charge is 0.480 e. The van der Waals surface area contributed by atoms with Gasteiger partial charge in [0, 0.05) is 6.54 Å². The molecule has 98 valence electrons. The van der Waals surface area contributed by atoms with Crippen LogP contribution in [0.5, 0.6) is 0 Å². The van der Waals surface area contributed by atoms with Crippen LogP contribution in [0.3, 0.4) is 0 Å². The number of carbonyl (C=O) groups is 1. The standard InChI is InChI=1S/C10H14N4O4/c1-4-13(10(2,3)8(15)16)9-11-5-7(6-12-9)14(17)18/h5-6H,4H2,1-3H3,(H,15,16). The number of hydrogen-bond donors (Lipinski definition) is 1. The average Bonchev–Trinajstić information content (AvgIpc) is 2.30. The highest BCUT2D eigenvalue weighted by atomic mass is 16.6. The fraction of sp³-hybridized carbons (Fsp3) is 0.500. The van der Waals surface area contributed by atoms with E-state index in [1.165, 1.54) is 18.7 Å². The molecule has 1 aromatic rings. The van der Waals surface area contributed by atoms with Crippen LogP contribution in [-0.4, -0.2) is 38.1 Å². The maximum atomic E-state index is 11.2. The number of carboxylic acids is 1. The Kier molecular flexibility index (Phi) is 3.79. The molecule has 0 fully saturated rings. The lowest BCUT2D eigenvalue weighted by Crippen LogP contribution is -2.51. The molecule has 8 nitrogen and oxygen atoms in total. The fourth-order valence-electron chi connectivity index (χ4n) is 1.45. The van der Waals surface area contributed by atoms with Gasteiger partial charge in [0.2, 0.25) is 5.95 Å². The van der Waals surface area contributed by atoms with Crippen LogP contribution in [0, 0.1) is 10.1 Å². The minimum atomic E-state index is -1.19. The van der Waals surface area contributed by atoms with E-state index in [0.29, 0.717) is 6.54 Å². The lowest BCUT2D eigenvalue weighted by atomic mass is 10.0. The van der Waals surface area contributed by atoms with E-state index in [4.69, 9.17) is 5.11 Å². The van der Waals surface area contributed by atoms with Crippen molar-refractivity contribution in [1.82, 2.24) is 9.97 Å². The third-order valence-electron chi connectivity index (χ3n) is 2.59. The third-order valence-corrected chi connectivity index (χ3v) is 2.59. The van der Waals surface area contributed by atoms with Gasteiger partial charge in [0.15, 0.2) is 0 Å². The van der Waals surface area contributed by atoms with Crippen molar-refractivity contribution in [3.63, 3.8) is 0 Å². The summed E-state index contributed by atoms with van der Waals surface area (Å²) in [5.41, 5.74) is -1.42. The molecule has 1 rings (SSSR count). The topological polar surface area (TPSA) is 109 Å². The van der Waals surface area contributed by atoms with Crippen LogP contribution in [0.25, 0.3) is 0 Å². The minimum absolute atomic E-state index is 0.149. The Bertz CT molecular complexity index is 457. The van der Waals surface area contributed by atoms with Crippen molar-refractivity contribution in [2.24, 2.45) is 0 Å². The summed E-state index contributed by atoms with van der Waals surface area (Å²) in [6.45, 7) is 5.17. The summed E-state index contributed by atoms with van der Waals surface area (Å²) in [7, 11) is 0. The number of rotatable bonds is 5. The van der Waals surface area contributed by atoms with Crippen LogP contribution in [0.1, 0.15) is 20.8 Å². The van der Waals surface area contributed by atoms with Gasteiger partial charge in [0.1, 0.15) is 17.9 Å². The van der Waals surface area contributed by atoms with E-state index in [1.54, 1.807) is 6.92 Å². The zero-order valence-electron chi connectivity index (χ0n) is 10.3. The van der Waals surface area contributed by atoms with Gasteiger partial charge in [0.05, 0.1) is 4.92 Å². The van der Waals surface area contributed by atoms with E-state index in [9.17, 15) is 14.9 Å². The molecule has 0 atom stereocenters. The van der Waals surface area contributed by atoms with Crippen molar-refractivity contribution >= 4 is 17.6 Å². The summed E-state index contributed by atoms with van der Waals surface area (Å²) in [6.07, 6.45) is 2.12. The maximum Gasteiger partial charge on any atom is 0.329 e. The first-order chi connectivity index (χ1) is 8.30. The molecule has 18 heavy (non-hydrogen) atoms. The first kappa shape index (κ1) is 13.8. The first-order valence-corrected chi connectivity index (χ1v) is 5.28. The van der Waals surface area contributed by atoms with E-state index in [0.717, 1.165) is 12.4 Å². The molecule has 0 saturated heterocycles. The predicted octanol–water partition coefficient (Wildman–Crippen LogP) is 1.07. The van der Waals surface area contributed by atoms with E-state index in [-0.39, 0.29) is 11.6 Å². The van der Waals surface area contributed by atoms with Gasteiger partial charge in [-0.25, -0.2) is 14.8 Å². The summed E-state index contributed by atoms with van der Waals surface area (Å²) < 4.78 is 0. The molecule has 0 aliphatic rings. The molecule has 1 aromatic heterocycles. The summed E-state index contributed by atoms with van der Waals surface area (Å²) >= 11 is 0. The second kappa shape index (κ2) is 4.94. The molecule has 0 unspecified atom stereocenters. The smallest absolute Gasteiger partial charge is 0.329 e. The Morgan fingerprint density at radius 3 is 2.33 bits per heavy atom. The van der Waals surface area contributed by atoms with E-state index in [1.807, 2.05) is 0 Å². The zero-order chi connectivity index (χ0) is 13.9. The number of nitro groups is 1. The lowest BCUT2D eigenvalue weighted by molar-refractivity contribution is -0.385. The molecular formula is C10H14N4O4. The van der Waals surface area contributed by atoms with Crippen molar-refractivity contribution < 1.29 is 14.8 Å². The number of aliphatic carboxylic acids is 1. The van der Waals surface area contributed by atoms with Gasteiger partial charge in [-0.1, -0.05) is 0 Å². The lowest BCUT2D eigenvalue weighted by Gasteiger charge is -2.33. The molecule has 8 heteroatoms.